The molecule has 0 saturated heterocycles. The van der Waals surface area contributed by atoms with Crippen molar-refractivity contribution in [2.75, 3.05) is 5.32 Å². The number of esters is 1. The number of carbonyl (C=O) groups is 2. The zero-order valence-corrected chi connectivity index (χ0v) is 12.4. The third-order valence-electron chi connectivity index (χ3n) is 2.42. The lowest BCUT2D eigenvalue weighted by Gasteiger charge is -2.12. The molecule has 1 aromatic carbocycles. The quantitative estimate of drug-likeness (QED) is 0.615. The zero-order valence-electron chi connectivity index (χ0n) is 11.6. The number of hydrogen-bond donors (Lipinski definition) is 2. The Morgan fingerprint density at radius 1 is 1.29 bits per heavy atom. The number of primary sulfonamides is 1. The van der Waals surface area contributed by atoms with Crippen LogP contribution in [0.5, 0.6) is 0 Å². The lowest BCUT2D eigenvalue weighted by molar-refractivity contribution is -0.148. The van der Waals surface area contributed by atoms with Gasteiger partial charge in [0.25, 0.3) is 5.91 Å². The largest absolute Gasteiger partial charge is 0.449 e. The van der Waals surface area contributed by atoms with E-state index in [0.29, 0.717) is 5.69 Å². The number of benzene rings is 1. The first kappa shape index (κ1) is 16.9. The molecule has 1 atom stereocenters. The third-order valence-corrected chi connectivity index (χ3v) is 3.34. The fraction of sp³-hybridized carbons (Fsp3) is 0.231. The Hall–Kier alpha value is -2.19. The predicted octanol–water partition coefficient (Wildman–Crippen LogP) is 0.780. The van der Waals surface area contributed by atoms with Crippen LogP contribution in [0.1, 0.15) is 13.8 Å². The van der Waals surface area contributed by atoms with Crippen molar-refractivity contribution in [3.8, 4) is 0 Å². The minimum absolute atomic E-state index is 0.0620. The average Bonchev–Trinajstić information content (AvgIpc) is 2.38. The molecule has 0 bridgehead atoms. The van der Waals surface area contributed by atoms with E-state index in [1.54, 1.807) is 6.92 Å². The molecular weight excluding hydrogens is 296 g/mol. The van der Waals surface area contributed by atoms with Crippen molar-refractivity contribution in [2.45, 2.75) is 24.8 Å². The van der Waals surface area contributed by atoms with Crippen LogP contribution in [0.2, 0.25) is 0 Å². The molecule has 0 aliphatic carbocycles. The number of nitrogens with one attached hydrogen (secondary N) is 1. The van der Waals surface area contributed by atoms with Crippen LogP contribution in [0.3, 0.4) is 0 Å². The fourth-order valence-electron chi connectivity index (χ4n) is 1.37. The summed E-state index contributed by atoms with van der Waals surface area (Å²) in [6.07, 6.45) is 1.72. The maximum atomic E-state index is 11.8. The number of ether oxygens (including phenoxy) is 1. The molecule has 8 heteroatoms. The monoisotopic (exact) mass is 312 g/mol. The van der Waals surface area contributed by atoms with E-state index in [9.17, 15) is 18.0 Å². The molecule has 1 rings (SSSR count). The number of nitrogens with two attached hydrogens (primary N) is 1. The topological polar surface area (TPSA) is 116 Å². The minimum atomic E-state index is -3.78. The first-order valence-electron chi connectivity index (χ1n) is 6.01. The van der Waals surface area contributed by atoms with E-state index in [2.05, 4.69) is 5.32 Å². The second kappa shape index (κ2) is 7.00. The maximum absolute atomic E-state index is 11.8. The molecule has 0 fully saturated rings. The van der Waals surface area contributed by atoms with Crippen molar-refractivity contribution in [3.63, 3.8) is 0 Å². The van der Waals surface area contributed by atoms with Gasteiger partial charge in [0.2, 0.25) is 10.0 Å². The summed E-state index contributed by atoms with van der Waals surface area (Å²) < 4.78 is 27.0. The molecule has 1 aromatic rings. The van der Waals surface area contributed by atoms with Crippen molar-refractivity contribution in [3.05, 3.63) is 36.4 Å². The number of sulfonamides is 1. The van der Waals surface area contributed by atoms with Crippen molar-refractivity contribution in [1.29, 1.82) is 0 Å². The number of carbonyl (C=O) groups excluding carboxylic acids is 2. The van der Waals surface area contributed by atoms with Crippen LogP contribution in [0.15, 0.2) is 41.3 Å². The van der Waals surface area contributed by atoms with Crippen LogP contribution in [-0.4, -0.2) is 26.4 Å². The van der Waals surface area contributed by atoms with Gasteiger partial charge in [-0.25, -0.2) is 18.4 Å². The minimum Gasteiger partial charge on any atom is -0.449 e. The van der Waals surface area contributed by atoms with Crippen LogP contribution >= 0.6 is 0 Å². The molecule has 21 heavy (non-hydrogen) atoms. The Morgan fingerprint density at radius 3 is 2.33 bits per heavy atom. The molecule has 114 valence electrons. The van der Waals surface area contributed by atoms with Crippen LogP contribution in [-0.2, 0) is 24.3 Å². The van der Waals surface area contributed by atoms with Crippen molar-refractivity contribution in [1.82, 2.24) is 0 Å². The summed E-state index contributed by atoms with van der Waals surface area (Å²) in [5, 5.41) is 7.45. The number of amides is 1. The van der Waals surface area contributed by atoms with Gasteiger partial charge >= 0.3 is 5.97 Å². The summed E-state index contributed by atoms with van der Waals surface area (Å²) >= 11 is 0. The molecule has 1 unspecified atom stereocenters. The Labute approximate surface area is 122 Å². The highest BCUT2D eigenvalue weighted by Gasteiger charge is 2.16. The predicted molar refractivity (Wildman–Crippen MR) is 76.8 cm³/mol. The number of hydrogen-bond acceptors (Lipinski definition) is 5. The summed E-state index contributed by atoms with van der Waals surface area (Å²) in [7, 11) is -3.78. The SMILES string of the molecule is C/C=C/C(=O)OC(C)C(=O)Nc1ccc(S(N)(=O)=O)cc1. The van der Waals surface area contributed by atoms with E-state index in [4.69, 9.17) is 9.88 Å². The van der Waals surface area contributed by atoms with Gasteiger partial charge in [-0.1, -0.05) is 6.08 Å². The van der Waals surface area contributed by atoms with Crippen LogP contribution in [0.4, 0.5) is 5.69 Å². The van der Waals surface area contributed by atoms with Crippen LogP contribution < -0.4 is 10.5 Å². The second-order valence-corrected chi connectivity index (χ2v) is 5.70. The van der Waals surface area contributed by atoms with Crippen molar-refractivity contribution < 1.29 is 22.7 Å². The van der Waals surface area contributed by atoms with Crippen molar-refractivity contribution in [2.24, 2.45) is 5.14 Å². The van der Waals surface area contributed by atoms with E-state index in [1.165, 1.54) is 43.3 Å². The van der Waals surface area contributed by atoms with Gasteiger partial charge in [0, 0.05) is 11.8 Å². The highest BCUT2D eigenvalue weighted by atomic mass is 32.2. The Morgan fingerprint density at radius 2 is 1.86 bits per heavy atom. The summed E-state index contributed by atoms with van der Waals surface area (Å²) in [5.74, 6) is -1.15. The molecule has 0 aliphatic rings. The number of allylic oxidation sites excluding steroid dienone is 1. The van der Waals surface area contributed by atoms with Gasteiger partial charge in [0.1, 0.15) is 0 Å². The summed E-state index contributed by atoms with van der Waals surface area (Å²) in [4.78, 5) is 22.9. The van der Waals surface area contributed by atoms with Gasteiger partial charge < -0.3 is 10.1 Å². The Balaban J connectivity index is 2.68. The molecule has 0 radical (unpaired) electrons. The lowest BCUT2D eigenvalue weighted by Crippen LogP contribution is -2.29. The summed E-state index contributed by atoms with van der Waals surface area (Å²) in [6.45, 7) is 3.08. The van der Waals surface area contributed by atoms with E-state index in [1.807, 2.05) is 0 Å². The first-order chi connectivity index (χ1) is 9.74. The number of rotatable bonds is 5. The Kier molecular flexibility index (Phi) is 5.62. The molecule has 1 amide bonds. The zero-order chi connectivity index (χ0) is 16.0. The lowest BCUT2D eigenvalue weighted by atomic mass is 10.3. The maximum Gasteiger partial charge on any atom is 0.331 e. The highest BCUT2D eigenvalue weighted by Crippen LogP contribution is 2.13. The van der Waals surface area contributed by atoms with E-state index < -0.39 is 28.0 Å². The number of anilines is 1. The second-order valence-electron chi connectivity index (χ2n) is 4.14. The van der Waals surface area contributed by atoms with E-state index >= 15 is 0 Å². The van der Waals surface area contributed by atoms with E-state index in [0.717, 1.165) is 0 Å². The van der Waals surface area contributed by atoms with Gasteiger partial charge in [0.15, 0.2) is 6.10 Å². The molecule has 0 heterocycles. The molecule has 0 aliphatic heterocycles. The summed E-state index contributed by atoms with van der Waals surface area (Å²) in [6, 6.07) is 5.30. The Bertz CT molecular complexity index is 650. The standard InChI is InChI=1S/C13H16N2O5S/c1-3-4-12(16)20-9(2)13(17)15-10-5-7-11(8-6-10)21(14,18)19/h3-9H,1-2H3,(H,15,17)(H2,14,18,19)/b4-3+. The molecule has 0 saturated carbocycles. The summed E-state index contributed by atoms with van der Waals surface area (Å²) in [5.41, 5.74) is 0.362. The molecule has 0 spiro atoms. The fourth-order valence-corrected chi connectivity index (χ4v) is 1.89. The van der Waals surface area contributed by atoms with Crippen LogP contribution in [0.25, 0.3) is 0 Å². The van der Waals surface area contributed by atoms with E-state index in [-0.39, 0.29) is 4.90 Å². The van der Waals surface area contributed by atoms with Gasteiger partial charge in [0.05, 0.1) is 4.90 Å². The molecule has 3 N–H and O–H groups in total. The normalized spacial score (nSPS) is 12.9. The van der Waals surface area contributed by atoms with Gasteiger partial charge in [-0.15, -0.1) is 0 Å². The highest BCUT2D eigenvalue weighted by molar-refractivity contribution is 7.89. The van der Waals surface area contributed by atoms with Gasteiger partial charge in [-0.3, -0.25) is 4.79 Å². The van der Waals surface area contributed by atoms with Crippen LogP contribution in [0, 0.1) is 0 Å². The first-order valence-corrected chi connectivity index (χ1v) is 7.55. The smallest absolute Gasteiger partial charge is 0.331 e. The average molecular weight is 312 g/mol. The van der Waals surface area contributed by atoms with Gasteiger partial charge in [-0.2, -0.15) is 0 Å². The third kappa shape index (κ3) is 5.36. The van der Waals surface area contributed by atoms with Crippen molar-refractivity contribution >= 4 is 27.6 Å². The molecule has 7 nitrogen and oxygen atoms in total. The van der Waals surface area contributed by atoms with Gasteiger partial charge in [-0.05, 0) is 38.1 Å². The molecular formula is C13H16N2O5S. The molecule has 0 aromatic heterocycles.